The minimum absolute atomic E-state index is 0.0484. The van der Waals surface area contributed by atoms with Crippen LogP contribution in [0.25, 0.3) is 0 Å². The third kappa shape index (κ3) is 4.67. The van der Waals surface area contributed by atoms with E-state index >= 15 is 0 Å². The zero-order chi connectivity index (χ0) is 11.4. The molecule has 3 unspecified atom stereocenters. The van der Waals surface area contributed by atoms with Crippen molar-refractivity contribution in [3.63, 3.8) is 0 Å². The fraction of sp³-hybridized carbons (Fsp3) is 0.800. The predicted octanol–water partition coefficient (Wildman–Crippen LogP) is 0.805. The van der Waals surface area contributed by atoms with E-state index in [4.69, 9.17) is 5.11 Å². The molecule has 3 N–H and O–H groups in total. The number of rotatable bonds is 5. The summed E-state index contributed by atoms with van der Waals surface area (Å²) in [7, 11) is 0. The van der Waals surface area contributed by atoms with E-state index in [2.05, 4.69) is 17.6 Å². The zero-order valence-electron chi connectivity index (χ0n) is 9.12. The average Bonchev–Trinajstić information content (AvgIpc) is 2.76. The molecule has 3 atom stereocenters. The van der Waals surface area contributed by atoms with Crippen LogP contribution in [-0.2, 0) is 4.79 Å². The van der Waals surface area contributed by atoms with Crippen LogP contribution in [-0.4, -0.2) is 29.7 Å². The predicted molar refractivity (Wildman–Crippen MR) is 55.5 cm³/mol. The van der Waals surface area contributed by atoms with E-state index in [0.717, 1.165) is 0 Å². The van der Waals surface area contributed by atoms with Crippen molar-refractivity contribution in [1.29, 1.82) is 0 Å². The first kappa shape index (κ1) is 11.8. The van der Waals surface area contributed by atoms with Gasteiger partial charge in [0.1, 0.15) is 0 Å². The monoisotopic (exact) mass is 214 g/mol. The topological polar surface area (TPSA) is 78.4 Å². The maximum absolute atomic E-state index is 11.3. The van der Waals surface area contributed by atoms with Gasteiger partial charge in [0.15, 0.2) is 0 Å². The molecule has 0 bridgehead atoms. The van der Waals surface area contributed by atoms with Crippen LogP contribution in [0.3, 0.4) is 0 Å². The van der Waals surface area contributed by atoms with Crippen molar-refractivity contribution in [2.75, 3.05) is 6.54 Å². The van der Waals surface area contributed by atoms with Gasteiger partial charge in [0.05, 0.1) is 6.42 Å². The summed E-state index contributed by atoms with van der Waals surface area (Å²) >= 11 is 0. The Balaban J connectivity index is 2.09. The Kier molecular flexibility index (Phi) is 3.94. The minimum atomic E-state index is -0.904. The number of urea groups is 1. The molecule has 0 radical (unpaired) electrons. The number of carboxylic acids is 1. The van der Waals surface area contributed by atoms with Gasteiger partial charge in [-0.15, -0.1) is 0 Å². The van der Waals surface area contributed by atoms with Crippen LogP contribution in [0.2, 0.25) is 0 Å². The van der Waals surface area contributed by atoms with Gasteiger partial charge in [-0.3, -0.25) is 4.79 Å². The Morgan fingerprint density at radius 1 is 1.53 bits per heavy atom. The van der Waals surface area contributed by atoms with E-state index in [0.29, 0.717) is 18.4 Å². The first-order valence-corrected chi connectivity index (χ1v) is 5.25. The molecule has 2 amide bonds. The van der Waals surface area contributed by atoms with Crippen LogP contribution < -0.4 is 10.6 Å². The molecule has 5 nitrogen and oxygen atoms in total. The Hall–Kier alpha value is -1.26. The molecule has 0 spiro atoms. The van der Waals surface area contributed by atoms with Crippen molar-refractivity contribution in [1.82, 2.24) is 10.6 Å². The van der Waals surface area contributed by atoms with Crippen molar-refractivity contribution in [3.8, 4) is 0 Å². The number of amides is 2. The molecule has 1 rings (SSSR count). The Morgan fingerprint density at radius 3 is 2.60 bits per heavy atom. The molecule has 1 fully saturated rings. The molecular formula is C10H18N2O3. The van der Waals surface area contributed by atoms with E-state index in [-0.39, 0.29) is 18.5 Å². The lowest BCUT2D eigenvalue weighted by Crippen LogP contribution is -2.42. The second-order valence-corrected chi connectivity index (χ2v) is 4.33. The third-order valence-corrected chi connectivity index (χ3v) is 2.66. The molecule has 86 valence electrons. The molecule has 0 heterocycles. The van der Waals surface area contributed by atoms with Gasteiger partial charge >= 0.3 is 12.0 Å². The van der Waals surface area contributed by atoms with Gasteiger partial charge in [0.2, 0.25) is 0 Å². The van der Waals surface area contributed by atoms with E-state index in [9.17, 15) is 9.59 Å². The van der Waals surface area contributed by atoms with Crippen molar-refractivity contribution < 1.29 is 14.7 Å². The van der Waals surface area contributed by atoms with E-state index in [1.54, 1.807) is 6.92 Å². The summed E-state index contributed by atoms with van der Waals surface area (Å²) in [5, 5.41) is 13.8. The summed E-state index contributed by atoms with van der Waals surface area (Å²) < 4.78 is 0. The second kappa shape index (κ2) is 5.00. The highest BCUT2D eigenvalue weighted by atomic mass is 16.4. The van der Waals surface area contributed by atoms with Crippen molar-refractivity contribution in [3.05, 3.63) is 0 Å². The summed E-state index contributed by atoms with van der Waals surface area (Å²) in [6, 6.07) is -0.609. The molecule has 1 aliphatic rings. The van der Waals surface area contributed by atoms with Gasteiger partial charge in [-0.05, 0) is 25.2 Å². The fourth-order valence-corrected chi connectivity index (χ4v) is 1.50. The van der Waals surface area contributed by atoms with E-state index in [1.165, 1.54) is 6.42 Å². The Labute approximate surface area is 89.2 Å². The number of hydrogen-bond acceptors (Lipinski definition) is 2. The van der Waals surface area contributed by atoms with Crippen molar-refractivity contribution >= 4 is 12.0 Å². The first-order chi connectivity index (χ1) is 6.99. The van der Waals surface area contributed by atoms with Crippen molar-refractivity contribution in [2.24, 2.45) is 11.8 Å². The van der Waals surface area contributed by atoms with Gasteiger partial charge in [0.25, 0.3) is 0 Å². The van der Waals surface area contributed by atoms with Gasteiger partial charge < -0.3 is 15.7 Å². The Morgan fingerprint density at radius 2 is 2.13 bits per heavy atom. The fourth-order valence-electron chi connectivity index (χ4n) is 1.50. The van der Waals surface area contributed by atoms with Gasteiger partial charge in [-0.25, -0.2) is 4.79 Å². The largest absolute Gasteiger partial charge is 0.481 e. The highest BCUT2D eigenvalue weighted by Crippen LogP contribution is 2.36. The quantitative estimate of drug-likeness (QED) is 0.633. The maximum Gasteiger partial charge on any atom is 0.315 e. The smallest absolute Gasteiger partial charge is 0.315 e. The lowest BCUT2D eigenvalue weighted by Gasteiger charge is -2.12. The summed E-state index contributed by atoms with van der Waals surface area (Å²) in [6.45, 7) is 4.51. The normalized spacial score (nSPS) is 25.5. The Bertz CT molecular complexity index is 255. The number of carbonyl (C=O) groups is 2. The standard InChI is InChI=1S/C10H18N2O3/c1-6-3-8(6)5-11-10(15)12-7(2)4-9(13)14/h6-8H,3-5H2,1-2H3,(H,13,14)(H2,11,12,15). The highest BCUT2D eigenvalue weighted by Gasteiger charge is 2.32. The first-order valence-electron chi connectivity index (χ1n) is 5.25. The van der Waals surface area contributed by atoms with Crippen LogP contribution in [0.5, 0.6) is 0 Å². The van der Waals surface area contributed by atoms with Crippen molar-refractivity contribution in [2.45, 2.75) is 32.7 Å². The molecule has 1 saturated carbocycles. The van der Waals surface area contributed by atoms with Crippen LogP contribution in [0, 0.1) is 11.8 Å². The number of hydrogen-bond donors (Lipinski definition) is 3. The highest BCUT2D eigenvalue weighted by molar-refractivity contribution is 5.75. The molecule has 5 heteroatoms. The van der Waals surface area contributed by atoms with Gasteiger partial charge in [-0.2, -0.15) is 0 Å². The number of aliphatic carboxylic acids is 1. The zero-order valence-corrected chi connectivity index (χ0v) is 9.12. The minimum Gasteiger partial charge on any atom is -0.481 e. The van der Waals surface area contributed by atoms with Crippen LogP contribution in [0.4, 0.5) is 4.79 Å². The number of nitrogens with one attached hydrogen (secondary N) is 2. The lowest BCUT2D eigenvalue weighted by atomic mass is 10.2. The maximum atomic E-state index is 11.3. The summed E-state index contributed by atoms with van der Waals surface area (Å²) in [4.78, 5) is 21.6. The van der Waals surface area contributed by atoms with E-state index < -0.39 is 5.97 Å². The van der Waals surface area contributed by atoms with Crippen LogP contribution >= 0.6 is 0 Å². The lowest BCUT2D eigenvalue weighted by molar-refractivity contribution is -0.137. The van der Waals surface area contributed by atoms with Crippen LogP contribution in [0.15, 0.2) is 0 Å². The summed E-state index contributed by atoms with van der Waals surface area (Å²) in [5.41, 5.74) is 0. The molecule has 1 aliphatic carbocycles. The summed E-state index contributed by atoms with van der Waals surface area (Å²) in [5.74, 6) is 0.408. The molecule has 0 aromatic carbocycles. The SMILES string of the molecule is CC(CC(=O)O)NC(=O)NCC1CC1C. The molecule has 0 aromatic rings. The number of carbonyl (C=O) groups excluding carboxylic acids is 1. The third-order valence-electron chi connectivity index (χ3n) is 2.66. The average molecular weight is 214 g/mol. The molecule has 0 saturated heterocycles. The van der Waals surface area contributed by atoms with E-state index in [1.807, 2.05) is 0 Å². The van der Waals surface area contributed by atoms with Crippen LogP contribution in [0.1, 0.15) is 26.7 Å². The van der Waals surface area contributed by atoms with Gasteiger partial charge in [-0.1, -0.05) is 6.92 Å². The number of carboxylic acid groups (broad SMARTS) is 1. The van der Waals surface area contributed by atoms with Gasteiger partial charge in [0, 0.05) is 12.6 Å². The molecule has 0 aliphatic heterocycles. The summed E-state index contributed by atoms with van der Waals surface area (Å²) in [6.07, 6.45) is 1.12. The molecular weight excluding hydrogens is 196 g/mol. The molecule has 0 aromatic heterocycles. The second-order valence-electron chi connectivity index (χ2n) is 4.33. The molecule has 15 heavy (non-hydrogen) atoms.